The number of carbonyl (C=O) groups is 4. The van der Waals surface area contributed by atoms with Crippen LogP contribution in [0.3, 0.4) is 0 Å². The van der Waals surface area contributed by atoms with Gasteiger partial charge in [0.1, 0.15) is 19.3 Å². The minimum absolute atomic E-state index is 0.107. The maximum absolute atomic E-state index is 13.0. The monoisotopic (exact) mass is 1320 g/mol. The summed E-state index contributed by atoms with van der Waals surface area (Å²) in [4.78, 5) is 72.5. The quantitative estimate of drug-likeness (QED) is 0.0222. The Kier molecular flexibility index (Phi) is 63.0. The SMILES string of the molecule is CCCCCCCCCCCCCCCCCC(=O)OC[C@H](COP(=O)(O)OC[C@@H](O)COP(=O)(O)OC[C@@H](COC(=O)CCCCCCCCCC)OC(=O)CCCCCCCCCCCCC)OC(=O)CCCCCCCCCCCCCCCC(C)C. The fourth-order valence-electron chi connectivity index (χ4n) is 10.8. The van der Waals surface area contributed by atoms with Crippen LogP contribution in [0, 0.1) is 5.92 Å². The Hall–Kier alpha value is -1.94. The molecule has 0 spiro atoms. The van der Waals surface area contributed by atoms with Gasteiger partial charge in [-0.2, -0.15) is 0 Å². The largest absolute Gasteiger partial charge is 0.472 e. The van der Waals surface area contributed by atoms with Crippen LogP contribution in [0.4, 0.5) is 0 Å². The summed E-state index contributed by atoms with van der Waals surface area (Å²) in [6, 6.07) is 0. The van der Waals surface area contributed by atoms with Crippen molar-refractivity contribution < 1.29 is 80.2 Å². The number of hydrogen-bond acceptors (Lipinski definition) is 15. The molecule has 0 amide bonds. The predicted molar refractivity (Wildman–Crippen MR) is 363 cm³/mol. The van der Waals surface area contributed by atoms with E-state index in [2.05, 4.69) is 34.6 Å². The third-order valence-electron chi connectivity index (χ3n) is 16.5. The van der Waals surface area contributed by atoms with Gasteiger partial charge in [0.15, 0.2) is 12.2 Å². The summed E-state index contributed by atoms with van der Waals surface area (Å²) < 4.78 is 68.3. The summed E-state index contributed by atoms with van der Waals surface area (Å²) in [7, 11) is -9.90. The number of hydrogen-bond donors (Lipinski definition) is 3. The lowest BCUT2D eigenvalue weighted by Crippen LogP contribution is -2.30. The highest BCUT2D eigenvalue weighted by atomic mass is 31.2. The zero-order chi connectivity index (χ0) is 66.3. The van der Waals surface area contributed by atoms with Crippen molar-refractivity contribution in [3.05, 3.63) is 0 Å². The Morgan fingerprint density at radius 3 is 0.756 bits per heavy atom. The molecule has 0 aromatic heterocycles. The average molecular weight is 1330 g/mol. The van der Waals surface area contributed by atoms with Crippen LogP contribution in [-0.2, 0) is 65.4 Å². The lowest BCUT2D eigenvalue weighted by Gasteiger charge is -2.21. The van der Waals surface area contributed by atoms with Crippen LogP contribution in [0.1, 0.15) is 369 Å². The maximum Gasteiger partial charge on any atom is 0.472 e. The molecular formula is C71H138O17P2. The highest BCUT2D eigenvalue weighted by molar-refractivity contribution is 7.47. The Morgan fingerprint density at radius 1 is 0.300 bits per heavy atom. The van der Waals surface area contributed by atoms with Gasteiger partial charge in [0.2, 0.25) is 0 Å². The molecule has 0 aliphatic rings. The fourth-order valence-corrected chi connectivity index (χ4v) is 12.4. The van der Waals surface area contributed by atoms with E-state index in [-0.39, 0.29) is 25.7 Å². The van der Waals surface area contributed by atoms with E-state index < -0.39 is 97.5 Å². The topological polar surface area (TPSA) is 237 Å². The van der Waals surface area contributed by atoms with Crippen LogP contribution in [0.5, 0.6) is 0 Å². The van der Waals surface area contributed by atoms with Crippen LogP contribution >= 0.6 is 15.6 Å². The molecule has 0 aromatic carbocycles. The van der Waals surface area contributed by atoms with Crippen LogP contribution in [-0.4, -0.2) is 96.7 Å². The van der Waals surface area contributed by atoms with E-state index in [1.165, 1.54) is 186 Å². The minimum atomic E-state index is -4.95. The van der Waals surface area contributed by atoms with Gasteiger partial charge in [-0.1, -0.05) is 317 Å². The van der Waals surface area contributed by atoms with Gasteiger partial charge in [0.25, 0.3) is 0 Å². The van der Waals surface area contributed by atoms with Gasteiger partial charge in [0.05, 0.1) is 26.4 Å². The molecule has 2 unspecified atom stereocenters. The average Bonchev–Trinajstić information content (AvgIpc) is 3.68. The predicted octanol–water partition coefficient (Wildman–Crippen LogP) is 20.5. The van der Waals surface area contributed by atoms with Gasteiger partial charge < -0.3 is 33.8 Å². The first-order chi connectivity index (χ1) is 43.5. The molecule has 0 heterocycles. The van der Waals surface area contributed by atoms with E-state index in [4.69, 9.17) is 37.0 Å². The number of phosphoric acid groups is 2. The van der Waals surface area contributed by atoms with Crippen molar-refractivity contribution in [2.45, 2.75) is 387 Å². The highest BCUT2D eigenvalue weighted by Gasteiger charge is 2.30. The molecule has 5 atom stereocenters. The molecule has 0 fully saturated rings. The van der Waals surface area contributed by atoms with Crippen LogP contribution in [0.2, 0.25) is 0 Å². The Bertz CT molecular complexity index is 1740. The summed E-state index contributed by atoms with van der Waals surface area (Å²) in [6.07, 6.45) is 51.3. The molecule has 0 saturated heterocycles. The molecule has 0 radical (unpaired) electrons. The van der Waals surface area contributed by atoms with E-state index in [0.717, 1.165) is 102 Å². The van der Waals surface area contributed by atoms with E-state index >= 15 is 0 Å². The number of aliphatic hydroxyl groups excluding tert-OH is 1. The lowest BCUT2D eigenvalue weighted by atomic mass is 10.0. The zero-order valence-corrected chi connectivity index (χ0v) is 60.1. The fraction of sp³-hybridized carbons (Fsp3) is 0.944. The van der Waals surface area contributed by atoms with E-state index in [9.17, 15) is 43.2 Å². The van der Waals surface area contributed by atoms with Gasteiger partial charge in [0, 0.05) is 25.7 Å². The number of carbonyl (C=O) groups excluding carboxylic acids is 4. The third kappa shape index (κ3) is 64.8. The summed E-state index contributed by atoms with van der Waals surface area (Å²) in [5.41, 5.74) is 0. The number of unbranched alkanes of at least 4 members (excludes halogenated alkanes) is 43. The Labute approximate surface area is 549 Å². The van der Waals surface area contributed by atoms with Crippen molar-refractivity contribution >= 4 is 39.5 Å². The number of esters is 4. The van der Waals surface area contributed by atoms with E-state index in [0.29, 0.717) is 25.7 Å². The maximum atomic E-state index is 13.0. The van der Waals surface area contributed by atoms with Crippen LogP contribution < -0.4 is 0 Å². The van der Waals surface area contributed by atoms with E-state index in [1.807, 2.05) is 0 Å². The molecule has 0 rings (SSSR count). The lowest BCUT2D eigenvalue weighted by molar-refractivity contribution is -0.161. The van der Waals surface area contributed by atoms with Crippen molar-refractivity contribution in [3.8, 4) is 0 Å². The van der Waals surface area contributed by atoms with Gasteiger partial charge in [-0.15, -0.1) is 0 Å². The van der Waals surface area contributed by atoms with Crippen molar-refractivity contribution in [3.63, 3.8) is 0 Å². The van der Waals surface area contributed by atoms with Crippen molar-refractivity contribution in [1.29, 1.82) is 0 Å². The second-order valence-corrected chi connectivity index (χ2v) is 29.0. The first kappa shape index (κ1) is 88.1. The van der Waals surface area contributed by atoms with Gasteiger partial charge in [-0.05, 0) is 31.6 Å². The van der Waals surface area contributed by atoms with Crippen molar-refractivity contribution in [1.82, 2.24) is 0 Å². The minimum Gasteiger partial charge on any atom is -0.462 e. The smallest absolute Gasteiger partial charge is 0.462 e. The Morgan fingerprint density at radius 2 is 0.511 bits per heavy atom. The number of phosphoric ester groups is 2. The van der Waals surface area contributed by atoms with Crippen molar-refractivity contribution in [2.24, 2.45) is 5.92 Å². The first-order valence-electron chi connectivity index (χ1n) is 37.1. The zero-order valence-electron chi connectivity index (χ0n) is 58.3. The second-order valence-electron chi connectivity index (χ2n) is 26.1. The summed E-state index contributed by atoms with van der Waals surface area (Å²) >= 11 is 0. The Balaban J connectivity index is 5.22. The van der Waals surface area contributed by atoms with Crippen molar-refractivity contribution in [2.75, 3.05) is 39.6 Å². The van der Waals surface area contributed by atoms with Crippen LogP contribution in [0.15, 0.2) is 0 Å². The summed E-state index contributed by atoms with van der Waals surface area (Å²) in [5.74, 6) is -1.34. The second kappa shape index (κ2) is 64.4. The first-order valence-corrected chi connectivity index (χ1v) is 40.1. The molecule has 0 saturated carbocycles. The molecule has 0 bridgehead atoms. The molecule has 17 nitrogen and oxygen atoms in total. The molecular weight excluding hydrogens is 1190 g/mol. The normalized spacial score (nSPS) is 14.1. The number of aliphatic hydroxyl groups is 1. The van der Waals surface area contributed by atoms with Crippen LogP contribution in [0.25, 0.3) is 0 Å². The van der Waals surface area contributed by atoms with Gasteiger partial charge >= 0.3 is 39.5 Å². The molecule has 0 aliphatic carbocycles. The summed E-state index contributed by atoms with van der Waals surface area (Å²) in [5, 5.41) is 10.6. The highest BCUT2D eigenvalue weighted by Crippen LogP contribution is 2.45. The molecule has 0 aromatic rings. The third-order valence-corrected chi connectivity index (χ3v) is 18.4. The molecule has 534 valence electrons. The molecule has 19 heteroatoms. The molecule has 0 aliphatic heterocycles. The molecule has 3 N–H and O–H groups in total. The number of ether oxygens (including phenoxy) is 4. The van der Waals surface area contributed by atoms with E-state index in [1.54, 1.807) is 0 Å². The van der Waals surface area contributed by atoms with Gasteiger partial charge in [-0.25, -0.2) is 9.13 Å². The standard InChI is InChI=1S/C71H138O17P2/c1-6-9-12-15-18-21-23-24-25-28-32-35-40-45-50-55-69(74)82-61-67(88-71(76)57-52-47-42-37-33-29-26-27-31-34-38-43-48-53-64(4)5)63-86-90(79,80)84-59-65(72)58-83-89(77,78)85-62-66(60-81-68(73)54-49-44-39-20-17-14-11-8-3)87-70(75)56-51-46-41-36-30-22-19-16-13-10-7-2/h64-67,72H,6-63H2,1-5H3,(H,77,78)(H,79,80)/t65-,66+,67+/m0/s1. The van der Waals surface area contributed by atoms with Gasteiger partial charge in [-0.3, -0.25) is 37.3 Å². The molecule has 90 heavy (non-hydrogen) atoms. The summed E-state index contributed by atoms with van der Waals surface area (Å²) in [6.45, 7) is 7.25. The number of rotatable bonds is 71.